The molecule has 43 heavy (non-hydrogen) atoms. The van der Waals surface area contributed by atoms with Crippen molar-refractivity contribution in [3.8, 4) is 11.5 Å². The summed E-state index contributed by atoms with van der Waals surface area (Å²) in [6.45, 7) is 3.44. The number of alkyl halides is 3. The van der Waals surface area contributed by atoms with E-state index in [-0.39, 0.29) is 11.9 Å². The van der Waals surface area contributed by atoms with E-state index >= 15 is 0 Å². The van der Waals surface area contributed by atoms with E-state index in [0.717, 1.165) is 23.3 Å². The number of rotatable bonds is 5. The van der Waals surface area contributed by atoms with Crippen LogP contribution in [0.1, 0.15) is 55.4 Å². The number of halogens is 3. The maximum atomic E-state index is 13.5. The largest absolute Gasteiger partial charge is 0.483 e. The molecular weight excluding hydrogens is 565 g/mol. The van der Waals surface area contributed by atoms with Gasteiger partial charge in [0.15, 0.2) is 11.5 Å². The Labute approximate surface area is 247 Å². The first-order valence-electron chi connectivity index (χ1n) is 14.3. The monoisotopic (exact) mass is 598 g/mol. The quantitative estimate of drug-likeness (QED) is 0.284. The van der Waals surface area contributed by atoms with Crippen molar-refractivity contribution in [2.45, 2.75) is 74.9 Å². The molecular formula is C32H33F3N2O6. The van der Waals surface area contributed by atoms with Crippen LogP contribution in [-0.2, 0) is 37.1 Å². The van der Waals surface area contributed by atoms with Crippen LogP contribution in [-0.4, -0.2) is 72.1 Å². The highest BCUT2D eigenvalue weighted by atomic mass is 19.4. The molecule has 8 nitrogen and oxygen atoms in total. The summed E-state index contributed by atoms with van der Waals surface area (Å²) in [6, 6.07) is 7.71. The summed E-state index contributed by atoms with van der Waals surface area (Å²) in [6.07, 6.45) is -0.0338. The van der Waals surface area contributed by atoms with E-state index < -0.39 is 46.8 Å². The van der Waals surface area contributed by atoms with Gasteiger partial charge in [-0.05, 0) is 74.7 Å². The Hall–Kier alpha value is -3.86. The van der Waals surface area contributed by atoms with Crippen molar-refractivity contribution < 1.29 is 41.8 Å². The fraction of sp³-hybridized carbons (Fsp3) is 0.469. The molecule has 2 bridgehead atoms. The van der Waals surface area contributed by atoms with Crippen LogP contribution in [0.2, 0.25) is 0 Å². The van der Waals surface area contributed by atoms with E-state index in [1.54, 1.807) is 18.0 Å². The maximum Gasteiger partial charge on any atom is 0.416 e. The van der Waals surface area contributed by atoms with Crippen molar-refractivity contribution in [1.29, 1.82) is 0 Å². The Morgan fingerprint density at radius 1 is 1.07 bits per heavy atom. The Bertz CT molecular complexity index is 1520. The first-order valence-corrected chi connectivity index (χ1v) is 14.3. The number of amides is 1. The summed E-state index contributed by atoms with van der Waals surface area (Å²) < 4.78 is 57.5. The average Bonchev–Trinajstić information content (AvgIpc) is 3.29. The lowest BCUT2D eigenvalue weighted by molar-refractivity contribution is -0.220. The maximum absolute atomic E-state index is 13.5. The third-order valence-corrected chi connectivity index (χ3v) is 9.72. The van der Waals surface area contributed by atoms with Crippen molar-refractivity contribution in [1.82, 2.24) is 9.80 Å². The predicted molar refractivity (Wildman–Crippen MR) is 149 cm³/mol. The van der Waals surface area contributed by atoms with Crippen LogP contribution in [0.25, 0.3) is 6.08 Å². The van der Waals surface area contributed by atoms with E-state index in [9.17, 15) is 27.6 Å². The first-order chi connectivity index (χ1) is 20.3. The number of esters is 2. The lowest BCUT2D eigenvalue weighted by atomic mass is 9.48. The van der Waals surface area contributed by atoms with E-state index in [4.69, 9.17) is 14.2 Å². The highest BCUT2D eigenvalue weighted by Gasteiger charge is 2.75. The lowest BCUT2D eigenvalue weighted by Gasteiger charge is -2.65. The number of ether oxygens (including phenoxy) is 3. The molecule has 2 heterocycles. The molecule has 4 aliphatic rings. The molecule has 5 atom stereocenters. The number of likely N-dealkylation sites (tertiary alicyclic amines) is 1. The molecule has 2 aromatic carbocycles. The molecule has 0 radical (unpaired) electrons. The molecule has 1 amide bonds. The molecule has 2 aromatic rings. The molecule has 228 valence electrons. The first kappa shape index (κ1) is 29.2. The second-order valence-corrected chi connectivity index (χ2v) is 12.0. The van der Waals surface area contributed by atoms with Gasteiger partial charge in [-0.3, -0.25) is 19.3 Å². The topological polar surface area (TPSA) is 85.4 Å². The van der Waals surface area contributed by atoms with E-state index in [0.29, 0.717) is 49.3 Å². The lowest BCUT2D eigenvalue weighted by Crippen LogP contribution is -2.78. The second-order valence-electron chi connectivity index (χ2n) is 12.0. The fourth-order valence-corrected chi connectivity index (χ4v) is 8.01. The summed E-state index contributed by atoms with van der Waals surface area (Å²) in [7, 11) is 3.70. The number of carbonyl (C=O) groups is 3. The van der Waals surface area contributed by atoms with Gasteiger partial charge in [0.05, 0.1) is 23.1 Å². The molecule has 11 heteroatoms. The number of benzene rings is 2. The zero-order valence-corrected chi connectivity index (χ0v) is 24.4. The minimum Gasteiger partial charge on any atom is -0.483 e. The van der Waals surface area contributed by atoms with Gasteiger partial charge in [-0.25, -0.2) is 0 Å². The molecule has 2 aliphatic carbocycles. The third kappa shape index (κ3) is 4.42. The number of piperidine rings is 1. The molecule has 1 saturated heterocycles. The highest BCUT2D eigenvalue weighted by molar-refractivity contribution is 5.92. The van der Waals surface area contributed by atoms with Crippen molar-refractivity contribution in [3.63, 3.8) is 0 Å². The van der Waals surface area contributed by atoms with Crippen LogP contribution in [0.4, 0.5) is 13.2 Å². The smallest absolute Gasteiger partial charge is 0.416 e. The van der Waals surface area contributed by atoms with Gasteiger partial charge in [-0.1, -0.05) is 18.2 Å². The summed E-state index contributed by atoms with van der Waals surface area (Å²) in [4.78, 5) is 42.0. The van der Waals surface area contributed by atoms with Gasteiger partial charge in [-0.2, -0.15) is 13.2 Å². The second kappa shape index (κ2) is 10.1. The van der Waals surface area contributed by atoms with Crippen LogP contribution < -0.4 is 9.47 Å². The van der Waals surface area contributed by atoms with E-state index in [1.807, 2.05) is 13.1 Å². The van der Waals surface area contributed by atoms with Gasteiger partial charge in [-0.15, -0.1) is 0 Å². The molecule has 1 spiro atoms. The zero-order valence-electron chi connectivity index (χ0n) is 24.4. The minimum absolute atomic E-state index is 0.115. The Morgan fingerprint density at radius 2 is 1.79 bits per heavy atom. The van der Waals surface area contributed by atoms with Crippen molar-refractivity contribution in [3.05, 3.63) is 64.7 Å². The standard InChI is InChI=1S/C32H33F3N2O6/c1-18(38)41-24-11-8-21-17-25-31(43-19(2)39)14-13-23(29-30(31,15-16-36(25)3)27(21)28(24)42-29)37(4)26(40)12-7-20-5-9-22(10-6-20)32(33,34)35/h5-12,23,25,29H,13-17H2,1-4H3/t23-,25+,29-,30-,31+/m0/s1. The van der Waals surface area contributed by atoms with Crippen LogP contribution >= 0.6 is 0 Å². The van der Waals surface area contributed by atoms with Crippen LogP contribution in [0.5, 0.6) is 11.5 Å². The number of hydrogen-bond donors (Lipinski definition) is 0. The summed E-state index contributed by atoms with van der Waals surface area (Å²) >= 11 is 0. The number of hydrogen-bond acceptors (Lipinski definition) is 7. The normalized spacial score (nSPS) is 29.0. The molecule has 0 aromatic heterocycles. The van der Waals surface area contributed by atoms with Crippen LogP contribution in [0.3, 0.4) is 0 Å². The van der Waals surface area contributed by atoms with Gasteiger partial charge < -0.3 is 19.1 Å². The summed E-state index contributed by atoms with van der Waals surface area (Å²) in [5, 5.41) is 0. The SMILES string of the molecule is CC(=O)Oc1ccc2c3c1O[C@H]1[C@@H](N(C)C(=O)C=Cc4ccc(C(F)(F)F)cc4)CC[C@@]4(OC(C)=O)[C@@H](C2)N(C)CC[C@]314. The van der Waals surface area contributed by atoms with Gasteiger partial charge in [0.25, 0.3) is 0 Å². The van der Waals surface area contributed by atoms with Gasteiger partial charge in [0.2, 0.25) is 5.91 Å². The number of nitrogens with zero attached hydrogens (tertiary/aromatic N) is 2. The van der Waals surface area contributed by atoms with E-state index in [2.05, 4.69) is 4.90 Å². The fourth-order valence-electron chi connectivity index (χ4n) is 8.01. The highest BCUT2D eigenvalue weighted by Crippen LogP contribution is 2.67. The Balaban J connectivity index is 1.39. The van der Waals surface area contributed by atoms with Gasteiger partial charge >= 0.3 is 18.1 Å². The molecule has 1 saturated carbocycles. The molecule has 6 rings (SSSR count). The Morgan fingerprint density at radius 3 is 2.44 bits per heavy atom. The zero-order chi connectivity index (χ0) is 30.9. The number of carbonyl (C=O) groups excluding carboxylic acids is 3. The Kier molecular flexibility index (Phi) is 6.87. The minimum atomic E-state index is -4.44. The van der Waals surface area contributed by atoms with Crippen LogP contribution in [0.15, 0.2) is 42.5 Å². The summed E-state index contributed by atoms with van der Waals surface area (Å²) in [5.74, 6) is -0.493. The van der Waals surface area contributed by atoms with Gasteiger partial charge in [0.1, 0.15) is 11.7 Å². The molecule has 0 unspecified atom stereocenters. The molecule has 2 fully saturated rings. The van der Waals surface area contributed by atoms with Crippen molar-refractivity contribution in [2.24, 2.45) is 0 Å². The van der Waals surface area contributed by atoms with E-state index in [1.165, 1.54) is 38.1 Å². The third-order valence-electron chi connectivity index (χ3n) is 9.72. The number of likely N-dealkylation sites (N-methyl/N-ethyl adjacent to an activating group) is 2. The van der Waals surface area contributed by atoms with Crippen LogP contribution in [0, 0.1) is 0 Å². The predicted octanol–water partition coefficient (Wildman–Crippen LogP) is 4.53. The van der Waals surface area contributed by atoms with Gasteiger partial charge in [0, 0.05) is 32.5 Å². The summed E-state index contributed by atoms with van der Waals surface area (Å²) in [5.41, 5.74) is -0.0993. The van der Waals surface area contributed by atoms with Crippen molar-refractivity contribution in [2.75, 3.05) is 20.6 Å². The average molecular weight is 599 g/mol. The molecule has 2 aliphatic heterocycles. The molecule has 0 N–H and O–H groups in total. The van der Waals surface area contributed by atoms with Crippen molar-refractivity contribution >= 4 is 23.9 Å².